The molecule has 2 aromatic rings. The van der Waals surface area contributed by atoms with Gasteiger partial charge in [-0.3, -0.25) is 0 Å². The number of piperazine rings is 1. The number of ether oxygens (including phenoxy) is 2. The zero-order valence-corrected chi connectivity index (χ0v) is 19.8. The Balaban J connectivity index is 0.00000320. The van der Waals surface area contributed by atoms with Crippen molar-refractivity contribution in [2.75, 3.05) is 37.7 Å². The van der Waals surface area contributed by atoms with Gasteiger partial charge in [-0.1, -0.05) is 6.92 Å². The Bertz CT molecular complexity index is 802. The normalized spacial score (nSPS) is 14.6. The number of rotatable bonds is 8. The van der Waals surface area contributed by atoms with E-state index in [1.807, 2.05) is 17.2 Å². The lowest BCUT2D eigenvalue weighted by Crippen LogP contribution is -2.51. The molecule has 0 atom stereocenters. The molecule has 0 aliphatic carbocycles. The third-order valence-electron chi connectivity index (χ3n) is 4.43. The maximum absolute atomic E-state index is 12.8. The lowest BCUT2D eigenvalue weighted by atomic mass is 10.2. The molecule has 0 radical (unpaired) electrons. The predicted octanol–water partition coefficient (Wildman–Crippen LogP) is 3.79. The van der Waals surface area contributed by atoms with E-state index in [0.29, 0.717) is 23.9 Å². The van der Waals surface area contributed by atoms with Gasteiger partial charge in [-0.2, -0.15) is 8.78 Å². The van der Waals surface area contributed by atoms with Crippen LogP contribution in [-0.2, 0) is 6.54 Å². The first-order valence-electron chi connectivity index (χ1n) is 9.46. The van der Waals surface area contributed by atoms with Crippen LogP contribution in [-0.4, -0.2) is 55.2 Å². The Morgan fingerprint density at radius 1 is 1.30 bits per heavy atom. The molecule has 0 amide bonds. The fraction of sp³-hybridized carbons (Fsp3) is 0.474. The Labute approximate surface area is 195 Å². The van der Waals surface area contributed by atoms with Crippen LogP contribution in [0, 0.1) is 0 Å². The number of nitrogens with two attached hydrogens (primary N) is 1. The summed E-state index contributed by atoms with van der Waals surface area (Å²) in [6.07, 6.45) is 2.61. The molecule has 0 unspecified atom stereocenters. The molecule has 0 spiro atoms. The van der Waals surface area contributed by atoms with Crippen molar-refractivity contribution in [3.05, 3.63) is 35.3 Å². The lowest BCUT2D eigenvalue weighted by molar-refractivity contribution is -0.0505. The number of anilines is 1. The van der Waals surface area contributed by atoms with Gasteiger partial charge in [0.05, 0.1) is 13.2 Å². The molecule has 0 bridgehead atoms. The summed E-state index contributed by atoms with van der Waals surface area (Å²) in [6, 6.07) is 4.87. The Kier molecular flexibility index (Phi) is 9.82. The van der Waals surface area contributed by atoms with Gasteiger partial charge in [0.15, 0.2) is 11.1 Å². The highest BCUT2D eigenvalue weighted by Gasteiger charge is 2.20. The molecule has 2 heterocycles. The molecular weight excluding hydrogens is 527 g/mol. The van der Waals surface area contributed by atoms with Crippen molar-refractivity contribution < 1.29 is 18.3 Å². The zero-order valence-electron chi connectivity index (χ0n) is 16.7. The number of halogens is 3. The quantitative estimate of drug-likeness (QED) is 0.305. The molecule has 1 saturated heterocycles. The maximum Gasteiger partial charge on any atom is 0.387 e. The van der Waals surface area contributed by atoms with E-state index < -0.39 is 6.61 Å². The van der Waals surface area contributed by atoms with Gasteiger partial charge in [0.1, 0.15) is 11.5 Å². The van der Waals surface area contributed by atoms with Gasteiger partial charge in [0.2, 0.25) is 0 Å². The average molecular weight is 553 g/mol. The summed E-state index contributed by atoms with van der Waals surface area (Å²) >= 11 is 1.61. The van der Waals surface area contributed by atoms with E-state index in [1.54, 1.807) is 29.7 Å². The first-order chi connectivity index (χ1) is 14.1. The van der Waals surface area contributed by atoms with Crippen molar-refractivity contribution in [1.82, 2.24) is 9.88 Å². The average Bonchev–Trinajstić information content (AvgIpc) is 3.26. The van der Waals surface area contributed by atoms with Crippen LogP contribution in [0.4, 0.5) is 13.9 Å². The van der Waals surface area contributed by atoms with Gasteiger partial charge >= 0.3 is 6.61 Å². The minimum Gasteiger partial charge on any atom is -0.493 e. The monoisotopic (exact) mass is 553 g/mol. The smallest absolute Gasteiger partial charge is 0.387 e. The van der Waals surface area contributed by atoms with Crippen LogP contribution in [0.1, 0.15) is 18.9 Å². The van der Waals surface area contributed by atoms with E-state index in [2.05, 4.69) is 19.6 Å². The first kappa shape index (κ1) is 24.4. The first-order valence-corrected chi connectivity index (χ1v) is 10.3. The third-order valence-corrected chi connectivity index (χ3v) is 5.26. The van der Waals surface area contributed by atoms with Gasteiger partial charge in [0, 0.05) is 49.4 Å². The van der Waals surface area contributed by atoms with Gasteiger partial charge in [-0.05, 0) is 18.6 Å². The fourth-order valence-corrected chi connectivity index (χ4v) is 3.64. The summed E-state index contributed by atoms with van der Waals surface area (Å²) in [5, 5.41) is 2.95. The van der Waals surface area contributed by atoms with Crippen molar-refractivity contribution in [3.8, 4) is 11.5 Å². The molecule has 1 fully saturated rings. The van der Waals surface area contributed by atoms with Gasteiger partial charge in [0.25, 0.3) is 0 Å². The number of hydrogen-bond acceptors (Lipinski definition) is 6. The largest absolute Gasteiger partial charge is 0.493 e. The second kappa shape index (κ2) is 12.1. The van der Waals surface area contributed by atoms with Crippen molar-refractivity contribution in [2.45, 2.75) is 26.5 Å². The van der Waals surface area contributed by atoms with Crippen molar-refractivity contribution >= 4 is 46.4 Å². The molecule has 0 saturated carbocycles. The number of alkyl halides is 2. The predicted molar refractivity (Wildman–Crippen MR) is 126 cm³/mol. The van der Waals surface area contributed by atoms with E-state index >= 15 is 0 Å². The molecule has 166 valence electrons. The van der Waals surface area contributed by atoms with Crippen molar-refractivity contribution in [3.63, 3.8) is 0 Å². The molecule has 3 rings (SSSR count). The van der Waals surface area contributed by atoms with Crippen LogP contribution in [0.5, 0.6) is 11.5 Å². The summed E-state index contributed by atoms with van der Waals surface area (Å²) in [5.74, 6) is 0.929. The Hall–Kier alpha value is -1.89. The fourth-order valence-electron chi connectivity index (χ4n) is 2.95. The highest BCUT2D eigenvalue weighted by Crippen LogP contribution is 2.27. The molecule has 1 aromatic carbocycles. The van der Waals surface area contributed by atoms with Crippen LogP contribution >= 0.6 is 35.3 Å². The maximum atomic E-state index is 12.8. The number of hydrogen-bond donors (Lipinski definition) is 1. The molecule has 11 heteroatoms. The van der Waals surface area contributed by atoms with E-state index in [4.69, 9.17) is 10.5 Å². The number of aromatic nitrogens is 1. The Morgan fingerprint density at radius 2 is 2.07 bits per heavy atom. The Morgan fingerprint density at radius 3 is 2.70 bits per heavy atom. The highest BCUT2D eigenvalue weighted by atomic mass is 127. The number of nitrogens with zero attached hydrogens (tertiary/aromatic N) is 4. The van der Waals surface area contributed by atoms with Crippen LogP contribution in [0.15, 0.2) is 34.8 Å². The van der Waals surface area contributed by atoms with Crippen LogP contribution in [0.3, 0.4) is 0 Å². The number of guanidine groups is 1. The van der Waals surface area contributed by atoms with E-state index in [0.717, 1.165) is 37.7 Å². The molecule has 1 aromatic heterocycles. The third kappa shape index (κ3) is 6.83. The summed E-state index contributed by atoms with van der Waals surface area (Å²) in [6.45, 7) is 2.74. The zero-order chi connectivity index (χ0) is 20.6. The van der Waals surface area contributed by atoms with Crippen LogP contribution in [0.2, 0.25) is 0 Å². The molecule has 1 aliphatic heterocycles. The summed E-state index contributed by atoms with van der Waals surface area (Å²) < 4.78 is 35.7. The van der Waals surface area contributed by atoms with Crippen LogP contribution in [0.25, 0.3) is 0 Å². The van der Waals surface area contributed by atoms with Crippen molar-refractivity contribution in [2.24, 2.45) is 10.7 Å². The summed E-state index contributed by atoms with van der Waals surface area (Å²) in [4.78, 5) is 12.9. The summed E-state index contributed by atoms with van der Waals surface area (Å²) in [7, 11) is 0. The molecule has 2 N–H and O–H groups in total. The van der Waals surface area contributed by atoms with E-state index in [-0.39, 0.29) is 36.3 Å². The minimum absolute atomic E-state index is 0. The van der Waals surface area contributed by atoms with Gasteiger partial charge in [-0.15, -0.1) is 35.3 Å². The van der Waals surface area contributed by atoms with Crippen molar-refractivity contribution in [1.29, 1.82) is 0 Å². The number of aliphatic imine (C=N–C) groups is 1. The number of benzene rings is 1. The van der Waals surface area contributed by atoms with Gasteiger partial charge in [-0.25, -0.2) is 9.98 Å². The molecule has 7 nitrogen and oxygen atoms in total. The standard InChI is InChI=1S/C19H25F2N5O2S.HI/c1-2-10-27-15-4-3-14(16(12-15)28-17(20)21)13-24-18(22)25-6-8-26(9-7-25)19-23-5-11-29-19;/h3-5,11-12,17H,2,6-10,13H2,1H3,(H2,22,24);1H. The molecule has 1 aliphatic rings. The molecule has 30 heavy (non-hydrogen) atoms. The second-order valence-electron chi connectivity index (χ2n) is 6.46. The van der Waals surface area contributed by atoms with Gasteiger partial charge < -0.3 is 25.0 Å². The highest BCUT2D eigenvalue weighted by molar-refractivity contribution is 14.0. The number of thiazole rings is 1. The summed E-state index contributed by atoms with van der Waals surface area (Å²) in [5.41, 5.74) is 6.66. The lowest BCUT2D eigenvalue weighted by Gasteiger charge is -2.35. The second-order valence-corrected chi connectivity index (χ2v) is 7.33. The van der Waals surface area contributed by atoms with E-state index in [9.17, 15) is 8.78 Å². The SMILES string of the molecule is CCCOc1ccc(CN=C(N)N2CCN(c3nccs3)CC2)c(OC(F)F)c1.I. The topological polar surface area (TPSA) is 76.2 Å². The minimum atomic E-state index is -2.92. The molecular formula is C19H26F2IN5O2S. The van der Waals surface area contributed by atoms with E-state index in [1.165, 1.54) is 6.07 Å². The van der Waals surface area contributed by atoms with Crippen LogP contribution < -0.4 is 20.1 Å².